The van der Waals surface area contributed by atoms with E-state index in [4.69, 9.17) is 0 Å². The van der Waals surface area contributed by atoms with Gasteiger partial charge < -0.3 is 4.90 Å². The number of rotatable bonds is 2. The standard InChI is InChI=1S/C18H21NOS/c1-3-17-13(2)21-12-11-19(17)18(20)16-10-6-8-14-7-4-5-9-15(14)16/h4-10,13,17H,3,11-12H2,1-2H3. The molecule has 21 heavy (non-hydrogen) atoms. The minimum atomic E-state index is 0.186. The Labute approximate surface area is 130 Å². The van der Waals surface area contributed by atoms with Crippen LogP contribution in [0.15, 0.2) is 42.5 Å². The maximum absolute atomic E-state index is 13.0. The fourth-order valence-corrected chi connectivity index (χ4v) is 4.47. The predicted molar refractivity (Wildman–Crippen MR) is 91.0 cm³/mol. The largest absolute Gasteiger partial charge is 0.334 e. The lowest BCUT2D eigenvalue weighted by atomic mass is 10.0. The van der Waals surface area contributed by atoms with E-state index in [1.54, 1.807) is 0 Å². The van der Waals surface area contributed by atoms with Crippen LogP contribution in [0.1, 0.15) is 30.6 Å². The lowest BCUT2D eigenvalue weighted by Gasteiger charge is -2.39. The van der Waals surface area contributed by atoms with E-state index in [1.807, 2.05) is 42.1 Å². The van der Waals surface area contributed by atoms with Crippen molar-refractivity contribution in [3.63, 3.8) is 0 Å². The normalized spacial score (nSPS) is 22.5. The first-order valence-corrected chi connectivity index (χ1v) is 8.67. The second-order valence-electron chi connectivity index (χ2n) is 5.58. The zero-order chi connectivity index (χ0) is 14.8. The number of benzene rings is 2. The summed E-state index contributed by atoms with van der Waals surface area (Å²) < 4.78 is 0. The minimum absolute atomic E-state index is 0.186. The molecule has 0 aromatic heterocycles. The van der Waals surface area contributed by atoms with Gasteiger partial charge in [-0.2, -0.15) is 11.8 Å². The maximum Gasteiger partial charge on any atom is 0.254 e. The molecule has 0 spiro atoms. The van der Waals surface area contributed by atoms with Gasteiger partial charge in [0.05, 0.1) is 0 Å². The first kappa shape index (κ1) is 14.5. The van der Waals surface area contributed by atoms with E-state index in [2.05, 4.69) is 30.9 Å². The molecule has 0 radical (unpaired) electrons. The SMILES string of the molecule is CCC1C(C)SCCN1C(=O)c1cccc2ccccc12. The fourth-order valence-electron chi connectivity index (χ4n) is 3.24. The second kappa shape index (κ2) is 6.10. The van der Waals surface area contributed by atoms with Crippen LogP contribution in [0, 0.1) is 0 Å². The lowest BCUT2D eigenvalue weighted by Crippen LogP contribution is -2.49. The summed E-state index contributed by atoms with van der Waals surface area (Å²) in [5, 5.41) is 2.71. The molecule has 0 N–H and O–H groups in total. The van der Waals surface area contributed by atoms with Gasteiger partial charge in [-0.05, 0) is 23.3 Å². The molecule has 1 amide bonds. The summed E-state index contributed by atoms with van der Waals surface area (Å²) in [5.74, 6) is 1.22. The first-order valence-electron chi connectivity index (χ1n) is 7.62. The van der Waals surface area contributed by atoms with Gasteiger partial charge in [-0.25, -0.2) is 0 Å². The van der Waals surface area contributed by atoms with Gasteiger partial charge in [0.15, 0.2) is 0 Å². The van der Waals surface area contributed by atoms with Gasteiger partial charge in [0.25, 0.3) is 5.91 Å². The number of carbonyl (C=O) groups excluding carboxylic acids is 1. The molecule has 1 saturated heterocycles. The summed E-state index contributed by atoms with van der Waals surface area (Å²) in [7, 11) is 0. The molecule has 1 fully saturated rings. The van der Waals surface area contributed by atoms with Crippen molar-refractivity contribution in [2.75, 3.05) is 12.3 Å². The van der Waals surface area contributed by atoms with Crippen molar-refractivity contribution in [2.24, 2.45) is 0 Å². The van der Waals surface area contributed by atoms with Crippen LogP contribution in [0.4, 0.5) is 0 Å². The first-order chi connectivity index (χ1) is 10.2. The molecule has 0 aliphatic carbocycles. The molecule has 2 aromatic carbocycles. The Morgan fingerprint density at radius 1 is 1.24 bits per heavy atom. The molecule has 0 saturated carbocycles. The minimum Gasteiger partial charge on any atom is -0.334 e. The van der Waals surface area contributed by atoms with Crippen molar-refractivity contribution in [3.8, 4) is 0 Å². The highest BCUT2D eigenvalue weighted by Crippen LogP contribution is 2.29. The highest BCUT2D eigenvalue weighted by molar-refractivity contribution is 8.00. The van der Waals surface area contributed by atoms with E-state index < -0.39 is 0 Å². The number of fused-ring (bicyclic) bond motifs is 1. The number of hydrogen-bond donors (Lipinski definition) is 0. The van der Waals surface area contributed by atoms with Gasteiger partial charge in [0, 0.05) is 29.2 Å². The quantitative estimate of drug-likeness (QED) is 0.828. The molecule has 110 valence electrons. The molecule has 2 nitrogen and oxygen atoms in total. The highest BCUT2D eigenvalue weighted by Gasteiger charge is 2.31. The fraction of sp³-hybridized carbons (Fsp3) is 0.389. The molecule has 0 bridgehead atoms. The monoisotopic (exact) mass is 299 g/mol. The van der Waals surface area contributed by atoms with Crippen LogP contribution in [-0.4, -0.2) is 34.4 Å². The van der Waals surface area contributed by atoms with Crippen LogP contribution in [0.2, 0.25) is 0 Å². The number of carbonyl (C=O) groups is 1. The van der Waals surface area contributed by atoms with E-state index in [0.717, 1.165) is 35.1 Å². The van der Waals surface area contributed by atoms with Crippen LogP contribution in [0.25, 0.3) is 10.8 Å². The molecular formula is C18H21NOS. The van der Waals surface area contributed by atoms with E-state index in [-0.39, 0.29) is 5.91 Å². The summed E-state index contributed by atoms with van der Waals surface area (Å²) in [5.41, 5.74) is 0.839. The smallest absolute Gasteiger partial charge is 0.254 e. The molecule has 3 rings (SSSR count). The van der Waals surface area contributed by atoms with Crippen molar-refractivity contribution in [3.05, 3.63) is 48.0 Å². The Hall–Kier alpha value is -1.48. The molecule has 2 unspecified atom stereocenters. The van der Waals surface area contributed by atoms with Crippen LogP contribution in [-0.2, 0) is 0 Å². The van der Waals surface area contributed by atoms with E-state index in [9.17, 15) is 4.79 Å². The summed E-state index contributed by atoms with van der Waals surface area (Å²) >= 11 is 1.98. The van der Waals surface area contributed by atoms with Gasteiger partial charge in [0.2, 0.25) is 0 Å². The second-order valence-corrected chi connectivity index (χ2v) is 7.06. The molecule has 2 aromatic rings. The Balaban J connectivity index is 2.00. The number of hydrogen-bond acceptors (Lipinski definition) is 2. The maximum atomic E-state index is 13.0. The molecule has 3 heteroatoms. The molecular weight excluding hydrogens is 278 g/mol. The Morgan fingerprint density at radius 2 is 2.00 bits per heavy atom. The third kappa shape index (κ3) is 2.67. The lowest BCUT2D eigenvalue weighted by molar-refractivity contribution is 0.0680. The zero-order valence-corrected chi connectivity index (χ0v) is 13.4. The van der Waals surface area contributed by atoms with Crippen molar-refractivity contribution in [1.29, 1.82) is 0 Å². The van der Waals surface area contributed by atoms with Crippen molar-refractivity contribution in [2.45, 2.75) is 31.6 Å². The molecule has 1 aliphatic heterocycles. The third-order valence-corrected chi connectivity index (χ3v) is 5.61. The summed E-state index contributed by atoms with van der Waals surface area (Å²) in [6, 6.07) is 14.5. The average molecular weight is 299 g/mol. The van der Waals surface area contributed by atoms with E-state index in [0.29, 0.717) is 11.3 Å². The van der Waals surface area contributed by atoms with Crippen LogP contribution >= 0.6 is 11.8 Å². The average Bonchev–Trinajstić information content (AvgIpc) is 2.53. The van der Waals surface area contributed by atoms with Gasteiger partial charge in [0.1, 0.15) is 0 Å². The molecule has 1 heterocycles. The van der Waals surface area contributed by atoms with Gasteiger partial charge in [-0.15, -0.1) is 0 Å². The number of nitrogens with zero attached hydrogens (tertiary/aromatic N) is 1. The van der Waals surface area contributed by atoms with E-state index >= 15 is 0 Å². The summed E-state index contributed by atoms with van der Waals surface area (Å²) in [4.78, 5) is 15.1. The number of thioether (sulfide) groups is 1. The number of amides is 1. The molecule has 2 atom stereocenters. The Bertz CT molecular complexity index is 649. The summed E-state index contributed by atoms with van der Waals surface area (Å²) in [6.45, 7) is 5.27. The van der Waals surface area contributed by atoms with Gasteiger partial charge >= 0.3 is 0 Å². The highest BCUT2D eigenvalue weighted by atomic mass is 32.2. The summed E-state index contributed by atoms with van der Waals surface area (Å²) in [6.07, 6.45) is 1.02. The zero-order valence-electron chi connectivity index (χ0n) is 12.6. The molecule has 1 aliphatic rings. The van der Waals surface area contributed by atoms with Crippen molar-refractivity contribution in [1.82, 2.24) is 4.90 Å². The van der Waals surface area contributed by atoms with Gasteiger partial charge in [-0.3, -0.25) is 4.79 Å². The van der Waals surface area contributed by atoms with Crippen LogP contribution in [0.5, 0.6) is 0 Å². The Morgan fingerprint density at radius 3 is 2.81 bits per heavy atom. The van der Waals surface area contributed by atoms with Crippen molar-refractivity contribution >= 4 is 28.4 Å². The predicted octanol–water partition coefficient (Wildman–Crippen LogP) is 4.20. The Kier molecular flexibility index (Phi) is 4.20. The van der Waals surface area contributed by atoms with Gasteiger partial charge in [-0.1, -0.05) is 50.2 Å². The topological polar surface area (TPSA) is 20.3 Å². The third-order valence-electron chi connectivity index (χ3n) is 4.35. The van der Waals surface area contributed by atoms with Crippen LogP contribution < -0.4 is 0 Å². The van der Waals surface area contributed by atoms with E-state index in [1.165, 1.54) is 0 Å². The van der Waals surface area contributed by atoms with Crippen LogP contribution in [0.3, 0.4) is 0 Å². The van der Waals surface area contributed by atoms with Crippen molar-refractivity contribution < 1.29 is 4.79 Å².